The molecule has 3 rings (SSSR count). The Morgan fingerprint density at radius 3 is 2.68 bits per heavy atom. The summed E-state index contributed by atoms with van der Waals surface area (Å²) in [5.41, 5.74) is 2.20. The number of nitrogens with one attached hydrogen (secondary N) is 1. The van der Waals surface area contributed by atoms with Gasteiger partial charge in [-0.3, -0.25) is 4.72 Å². The number of benzene rings is 1. The predicted molar refractivity (Wildman–Crippen MR) is 89.3 cm³/mol. The molecule has 1 aromatic heterocycles. The van der Waals surface area contributed by atoms with Crippen LogP contribution in [-0.4, -0.2) is 38.1 Å². The molecule has 118 valence electrons. The first kappa shape index (κ1) is 15.2. The lowest BCUT2D eigenvalue weighted by Gasteiger charge is -2.12. The third-order valence-electron chi connectivity index (χ3n) is 3.67. The van der Waals surface area contributed by atoms with Crippen molar-refractivity contribution in [1.29, 1.82) is 0 Å². The summed E-state index contributed by atoms with van der Waals surface area (Å²) in [6, 6.07) is 9.54. The summed E-state index contributed by atoms with van der Waals surface area (Å²) in [6.07, 6.45) is 2.03. The van der Waals surface area contributed by atoms with Crippen molar-refractivity contribution < 1.29 is 8.42 Å². The van der Waals surface area contributed by atoms with Crippen molar-refractivity contribution in [2.75, 3.05) is 24.6 Å². The van der Waals surface area contributed by atoms with E-state index in [0.717, 1.165) is 30.5 Å². The monoisotopic (exact) mass is 319 g/mol. The average Bonchev–Trinajstić information content (AvgIpc) is 3.21. The molecule has 2 aromatic rings. The van der Waals surface area contributed by atoms with Crippen LogP contribution in [0.5, 0.6) is 0 Å². The molecular weight excluding hydrogens is 298 g/mol. The highest BCUT2D eigenvalue weighted by Gasteiger charge is 2.28. The highest BCUT2D eigenvalue weighted by molar-refractivity contribution is 7.92. The zero-order valence-corrected chi connectivity index (χ0v) is 13.7. The number of hydrogen-bond donors (Lipinski definition) is 1. The molecule has 1 saturated carbocycles. The Labute approximate surface area is 131 Å². The van der Waals surface area contributed by atoms with Crippen LogP contribution in [0.4, 0.5) is 5.69 Å². The van der Waals surface area contributed by atoms with Gasteiger partial charge in [-0.1, -0.05) is 18.2 Å². The van der Waals surface area contributed by atoms with E-state index < -0.39 is 10.0 Å². The lowest BCUT2D eigenvalue weighted by Crippen LogP contribution is -2.18. The molecule has 0 radical (unpaired) electrons. The molecule has 1 N–H and O–H groups in total. The predicted octanol–water partition coefficient (Wildman–Crippen LogP) is 2.45. The van der Waals surface area contributed by atoms with E-state index >= 15 is 0 Å². The van der Waals surface area contributed by atoms with E-state index in [4.69, 9.17) is 0 Å². The van der Waals surface area contributed by atoms with Crippen LogP contribution in [-0.2, 0) is 16.6 Å². The molecule has 22 heavy (non-hydrogen) atoms. The summed E-state index contributed by atoms with van der Waals surface area (Å²) in [6.45, 7) is 0.721. The first-order valence-corrected chi connectivity index (χ1v) is 9.12. The summed E-state index contributed by atoms with van der Waals surface area (Å²) in [7, 11) is 0.665. The Morgan fingerprint density at radius 1 is 1.23 bits per heavy atom. The van der Waals surface area contributed by atoms with Gasteiger partial charge in [0, 0.05) is 11.9 Å². The zero-order valence-electron chi connectivity index (χ0n) is 12.9. The van der Waals surface area contributed by atoms with Crippen LogP contribution in [0.3, 0.4) is 0 Å². The topological polar surface area (TPSA) is 62.3 Å². The molecule has 0 spiro atoms. The lowest BCUT2D eigenvalue weighted by molar-refractivity contribution is 0.397. The van der Waals surface area contributed by atoms with E-state index in [-0.39, 0.29) is 5.75 Å². The normalized spacial score (nSPS) is 15.4. The van der Waals surface area contributed by atoms with Gasteiger partial charge in [0.2, 0.25) is 10.0 Å². The number of sulfonamides is 1. The van der Waals surface area contributed by atoms with E-state index in [1.165, 1.54) is 0 Å². The fraction of sp³-hybridized carbons (Fsp3) is 0.438. The van der Waals surface area contributed by atoms with Crippen molar-refractivity contribution in [2.24, 2.45) is 5.92 Å². The Balaban J connectivity index is 1.93. The molecule has 6 heteroatoms. The molecule has 1 aromatic carbocycles. The molecular formula is C16H21N3O2S. The summed E-state index contributed by atoms with van der Waals surface area (Å²) >= 11 is 0. The van der Waals surface area contributed by atoms with Gasteiger partial charge >= 0.3 is 0 Å². The van der Waals surface area contributed by atoms with Crippen molar-refractivity contribution in [3.05, 3.63) is 36.0 Å². The molecule has 1 aliphatic carbocycles. The zero-order chi connectivity index (χ0) is 15.7. The smallest absolute Gasteiger partial charge is 0.233 e. The van der Waals surface area contributed by atoms with Crippen LogP contribution in [0.25, 0.3) is 10.9 Å². The minimum Gasteiger partial charge on any atom is -0.304 e. The van der Waals surface area contributed by atoms with Crippen LogP contribution in [0, 0.1) is 5.92 Å². The summed E-state index contributed by atoms with van der Waals surface area (Å²) in [5.74, 6) is 0.533. The maximum absolute atomic E-state index is 12.2. The van der Waals surface area contributed by atoms with Gasteiger partial charge in [-0.15, -0.1) is 0 Å². The largest absolute Gasteiger partial charge is 0.304 e. The van der Waals surface area contributed by atoms with E-state index in [1.807, 2.05) is 43.3 Å². The van der Waals surface area contributed by atoms with Crippen LogP contribution in [0.2, 0.25) is 0 Å². The van der Waals surface area contributed by atoms with E-state index in [1.54, 1.807) is 6.07 Å². The highest BCUT2D eigenvalue weighted by atomic mass is 32.2. The molecule has 1 aliphatic rings. The quantitative estimate of drug-likeness (QED) is 0.888. The van der Waals surface area contributed by atoms with Crippen LogP contribution in [0.1, 0.15) is 18.5 Å². The summed E-state index contributed by atoms with van der Waals surface area (Å²) in [5, 5.41) is 0.939. The molecule has 0 saturated heterocycles. The third kappa shape index (κ3) is 3.75. The fourth-order valence-corrected chi connectivity index (χ4v) is 4.02. The minimum absolute atomic E-state index is 0.209. The first-order chi connectivity index (χ1) is 10.4. The van der Waals surface area contributed by atoms with E-state index in [2.05, 4.69) is 9.71 Å². The Morgan fingerprint density at radius 2 is 2.00 bits per heavy atom. The number of fused-ring (bicyclic) bond motifs is 1. The van der Waals surface area contributed by atoms with Gasteiger partial charge < -0.3 is 4.90 Å². The van der Waals surface area contributed by atoms with Gasteiger partial charge in [0.1, 0.15) is 0 Å². The van der Waals surface area contributed by atoms with Crippen LogP contribution >= 0.6 is 0 Å². The van der Waals surface area contributed by atoms with Crippen molar-refractivity contribution in [2.45, 2.75) is 19.4 Å². The SMILES string of the molecule is CN(C)Cc1ccc2cccc(NS(=O)(=O)CC3CC3)c2n1. The van der Waals surface area contributed by atoms with Crippen LogP contribution < -0.4 is 4.72 Å². The lowest BCUT2D eigenvalue weighted by atomic mass is 10.2. The van der Waals surface area contributed by atoms with Gasteiger partial charge in [-0.2, -0.15) is 0 Å². The Kier molecular flexibility index (Phi) is 4.06. The van der Waals surface area contributed by atoms with Gasteiger partial charge in [0.25, 0.3) is 0 Å². The van der Waals surface area contributed by atoms with E-state index in [0.29, 0.717) is 17.1 Å². The minimum atomic E-state index is -3.30. The molecule has 0 aliphatic heterocycles. The first-order valence-electron chi connectivity index (χ1n) is 7.47. The van der Waals surface area contributed by atoms with Gasteiger partial charge in [0.15, 0.2) is 0 Å². The molecule has 0 atom stereocenters. The van der Waals surface area contributed by atoms with Crippen molar-refractivity contribution in [3.8, 4) is 0 Å². The molecule has 1 fully saturated rings. The van der Waals surface area contributed by atoms with E-state index in [9.17, 15) is 8.42 Å². The van der Waals surface area contributed by atoms with Crippen LogP contribution in [0.15, 0.2) is 30.3 Å². The number of rotatable bonds is 6. The molecule has 0 amide bonds. The molecule has 0 unspecified atom stereocenters. The van der Waals surface area contributed by atoms with Gasteiger partial charge in [-0.05, 0) is 45.0 Å². The standard InChI is InChI=1S/C16H21N3O2S/c1-19(2)10-14-9-8-13-4-3-5-15(16(13)17-14)18-22(20,21)11-12-6-7-12/h3-5,8-9,12,18H,6-7,10-11H2,1-2H3. The molecule has 1 heterocycles. The maximum Gasteiger partial charge on any atom is 0.233 e. The Hall–Kier alpha value is -1.66. The number of nitrogens with zero attached hydrogens (tertiary/aromatic N) is 2. The maximum atomic E-state index is 12.2. The summed E-state index contributed by atoms with van der Waals surface area (Å²) < 4.78 is 27.1. The van der Waals surface area contributed by atoms with Crippen molar-refractivity contribution in [1.82, 2.24) is 9.88 Å². The third-order valence-corrected chi connectivity index (χ3v) is 5.11. The number of para-hydroxylation sites is 1. The molecule has 5 nitrogen and oxygen atoms in total. The molecule has 0 bridgehead atoms. The number of hydrogen-bond acceptors (Lipinski definition) is 4. The second kappa shape index (κ2) is 5.85. The number of anilines is 1. The number of pyridine rings is 1. The second-order valence-electron chi connectivity index (χ2n) is 6.24. The van der Waals surface area contributed by atoms with Crippen molar-refractivity contribution >= 4 is 26.6 Å². The van der Waals surface area contributed by atoms with Crippen molar-refractivity contribution in [3.63, 3.8) is 0 Å². The second-order valence-corrected chi connectivity index (χ2v) is 8.01. The van der Waals surface area contributed by atoms with Gasteiger partial charge in [0.05, 0.1) is 22.7 Å². The Bertz CT molecular complexity index is 783. The highest BCUT2D eigenvalue weighted by Crippen LogP contribution is 2.31. The number of aromatic nitrogens is 1. The van der Waals surface area contributed by atoms with Gasteiger partial charge in [-0.25, -0.2) is 13.4 Å². The fourth-order valence-electron chi connectivity index (χ4n) is 2.49. The summed E-state index contributed by atoms with van der Waals surface area (Å²) in [4.78, 5) is 6.66. The average molecular weight is 319 g/mol.